The van der Waals surface area contributed by atoms with Crippen LogP contribution in [0.4, 0.5) is 5.69 Å². The fourth-order valence-corrected chi connectivity index (χ4v) is 3.83. The van der Waals surface area contributed by atoms with Crippen molar-refractivity contribution < 1.29 is 14.3 Å². The Hall–Kier alpha value is -2.99. The summed E-state index contributed by atoms with van der Waals surface area (Å²) in [6.45, 7) is 4.16. The number of anilines is 1. The van der Waals surface area contributed by atoms with Crippen LogP contribution in [-0.4, -0.2) is 32.2 Å². The van der Waals surface area contributed by atoms with Crippen LogP contribution in [0.25, 0.3) is 0 Å². The lowest BCUT2D eigenvalue weighted by Gasteiger charge is -2.20. The number of aryl methyl sites for hydroxylation is 2. The average molecular weight is 409 g/mol. The second kappa shape index (κ2) is 9.01. The average Bonchev–Trinajstić information content (AvgIpc) is 2.75. The molecule has 3 rings (SSSR count). The molecule has 29 heavy (non-hydrogen) atoms. The van der Waals surface area contributed by atoms with E-state index in [0.29, 0.717) is 27.8 Å². The van der Waals surface area contributed by atoms with Crippen LogP contribution in [0.15, 0.2) is 64.6 Å². The predicted octanol–water partition coefficient (Wildman–Crippen LogP) is 5.14. The molecule has 1 heterocycles. The van der Waals surface area contributed by atoms with E-state index in [1.807, 2.05) is 12.1 Å². The summed E-state index contributed by atoms with van der Waals surface area (Å²) in [6, 6.07) is 15.2. The molecule has 2 aromatic carbocycles. The first-order valence-electron chi connectivity index (χ1n) is 9.14. The van der Waals surface area contributed by atoms with Crippen molar-refractivity contribution in [3.63, 3.8) is 0 Å². The highest BCUT2D eigenvalue weighted by atomic mass is 32.2. The van der Waals surface area contributed by atoms with Gasteiger partial charge < -0.3 is 14.4 Å². The van der Waals surface area contributed by atoms with Crippen molar-refractivity contribution in [3.05, 3.63) is 71.4 Å². The number of carbonyl (C=O) groups excluding carboxylic acids is 1. The number of hydrogen-bond acceptors (Lipinski definition) is 5. The number of rotatable bonds is 6. The number of ether oxygens (including phenoxy) is 2. The first-order chi connectivity index (χ1) is 13.9. The molecule has 0 aliphatic heterocycles. The lowest BCUT2D eigenvalue weighted by molar-refractivity contribution is 0.0989. The molecule has 0 fully saturated rings. The molecule has 0 aliphatic rings. The topological polar surface area (TPSA) is 51.7 Å². The summed E-state index contributed by atoms with van der Waals surface area (Å²) in [5, 5.41) is 0.674. The second-order valence-corrected chi connectivity index (χ2v) is 7.67. The van der Waals surface area contributed by atoms with Crippen LogP contribution in [0.2, 0.25) is 0 Å². The molecule has 6 heteroatoms. The SMILES string of the molecule is COc1ccc(N(C)C(=O)c2cccnc2Sc2ccc(C)c(C)c2)cc1OC. The minimum absolute atomic E-state index is 0.142. The van der Waals surface area contributed by atoms with Crippen molar-refractivity contribution in [1.29, 1.82) is 0 Å². The molecule has 150 valence electrons. The van der Waals surface area contributed by atoms with Gasteiger partial charge in [-0.25, -0.2) is 4.98 Å². The molecule has 0 bridgehead atoms. The van der Waals surface area contributed by atoms with E-state index in [4.69, 9.17) is 9.47 Å². The maximum atomic E-state index is 13.2. The summed E-state index contributed by atoms with van der Waals surface area (Å²) in [5.41, 5.74) is 3.70. The summed E-state index contributed by atoms with van der Waals surface area (Å²) in [4.78, 5) is 20.3. The van der Waals surface area contributed by atoms with Gasteiger partial charge in [0.2, 0.25) is 0 Å². The van der Waals surface area contributed by atoms with Crippen molar-refractivity contribution in [2.45, 2.75) is 23.8 Å². The highest BCUT2D eigenvalue weighted by molar-refractivity contribution is 7.99. The zero-order valence-electron chi connectivity index (χ0n) is 17.2. The second-order valence-electron chi connectivity index (χ2n) is 6.61. The monoisotopic (exact) mass is 408 g/mol. The van der Waals surface area contributed by atoms with Crippen molar-refractivity contribution in [2.24, 2.45) is 0 Å². The van der Waals surface area contributed by atoms with Gasteiger partial charge in [-0.2, -0.15) is 0 Å². The maximum Gasteiger partial charge on any atom is 0.260 e. The third-order valence-corrected chi connectivity index (χ3v) is 5.76. The van der Waals surface area contributed by atoms with Gasteiger partial charge in [0.05, 0.1) is 19.8 Å². The van der Waals surface area contributed by atoms with E-state index in [-0.39, 0.29) is 5.91 Å². The van der Waals surface area contributed by atoms with E-state index >= 15 is 0 Å². The van der Waals surface area contributed by atoms with E-state index in [0.717, 1.165) is 4.90 Å². The fourth-order valence-electron chi connectivity index (χ4n) is 2.86. The summed E-state index contributed by atoms with van der Waals surface area (Å²) >= 11 is 1.49. The molecule has 0 spiro atoms. The number of nitrogens with zero attached hydrogens (tertiary/aromatic N) is 2. The first kappa shape index (κ1) is 20.7. The predicted molar refractivity (Wildman–Crippen MR) is 117 cm³/mol. The number of amides is 1. The standard InChI is InChI=1S/C23H24N2O3S/c1-15-8-10-18(13-16(15)2)29-22-19(7-6-12-24-22)23(26)25(3)17-9-11-20(27-4)21(14-17)28-5/h6-14H,1-5H3. The van der Waals surface area contributed by atoms with Crippen molar-refractivity contribution in [2.75, 3.05) is 26.2 Å². The van der Waals surface area contributed by atoms with E-state index in [9.17, 15) is 4.79 Å². The smallest absolute Gasteiger partial charge is 0.260 e. The minimum atomic E-state index is -0.142. The van der Waals surface area contributed by atoms with E-state index in [1.165, 1.54) is 22.9 Å². The number of benzene rings is 2. The van der Waals surface area contributed by atoms with Crippen molar-refractivity contribution in [3.8, 4) is 11.5 Å². The number of aromatic nitrogens is 1. The Kier molecular flexibility index (Phi) is 6.44. The van der Waals surface area contributed by atoms with Gasteiger partial charge in [-0.15, -0.1) is 0 Å². The van der Waals surface area contributed by atoms with Gasteiger partial charge >= 0.3 is 0 Å². The number of hydrogen-bond donors (Lipinski definition) is 0. The lowest BCUT2D eigenvalue weighted by Crippen LogP contribution is -2.27. The molecular weight excluding hydrogens is 384 g/mol. The molecule has 3 aromatic rings. The minimum Gasteiger partial charge on any atom is -0.493 e. The van der Waals surface area contributed by atoms with Gasteiger partial charge in [-0.05, 0) is 61.4 Å². The molecule has 0 N–H and O–H groups in total. The van der Waals surface area contributed by atoms with E-state index < -0.39 is 0 Å². The Bertz CT molecular complexity index is 1040. The zero-order chi connectivity index (χ0) is 21.0. The third-order valence-electron chi connectivity index (χ3n) is 4.75. The van der Waals surface area contributed by atoms with Crippen molar-refractivity contribution >= 4 is 23.4 Å². The summed E-state index contributed by atoms with van der Waals surface area (Å²) in [7, 11) is 4.89. The summed E-state index contributed by atoms with van der Waals surface area (Å²) in [5.74, 6) is 1.04. The largest absolute Gasteiger partial charge is 0.493 e. The molecule has 0 aliphatic carbocycles. The van der Waals surface area contributed by atoms with Crippen LogP contribution in [0, 0.1) is 13.8 Å². The normalized spacial score (nSPS) is 10.5. The Balaban J connectivity index is 1.90. The van der Waals surface area contributed by atoms with Crippen LogP contribution in [0.1, 0.15) is 21.5 Å². The first-order valence-corrected chi connectivity index (χ1v) is 9.96. The molecule has 5 nitrogen and oxygen atoms in total. The van der Waals surface area contributed by atoms with Gasteiger partial charge in [0.15, 0.2) is 11.5 Å². The van der Waals surface area contributed by atoms with Gasteiger partial charge in [0.25, 0.3) is 5.91 Å². The molecule has 0 saturated heterocycles. The molecule has 0 saturated carbocycles. The van der Waals surface area contributed by atoms with Gasteiger partial charge in [0, 0.05) is 29.9 Å². The van der Waals surface area contributed by atoms with Crippen LogP contribution >= 0.6 is 11.8 Å². The lowest BCUT2D eigenvalue weighted by atomic mass is 10.1. The molecule has 0 atom stereocenters. The van der Waals surface area contributed by atoms with Crippen molar-refractivity contribution in [1.82, 2.24) is 4.98 Å². The zero-order valence-corrected chi connectivity index (χ0v) is 18.0. The fraction of sp³-hybridized carbons (Fsp3) is 0.217. The Labute approximate surface area is 175 Å². The van der Waals surface area contributed by atoms with Crippen LogP contribution in [-0.2, 0) is 0 Å². The molecule has 0 unspecified atom stereocenters. The Morgan fingerprint density at radius 3 is 2.41 bits per heavy atom. The summed E-state index contributed by atoms with van der Waals surface area (Å²) in [6.07, 6.45) is 1.70. The molecular formula is C23H24N2O3S. The number of pyridine rings is 1. The maximum absolute atomic E-state index is 13.2. The van der Waals surface area contributed by atoms with Crippen LogP contribution < -0.4 is 14.4 Å². The van der Waals surface area contributed by atoms with Gasteiger partial charge in [-0.3, -0.25) is 4.79 Å². The van der Waals surface area contributed by atoms with E-state index in [2.05, 4.69) is 31.0 Å². The molecule has 0 radical (unpaired) electrons. The highest BCUT2D eigenvalue weighted by Crippen LogP contribution is 2.33. The van der Waals surface area contributed by atoms with Crippen LogP contribution in [0.5, 0.6) is 11.5 Å². The molecule has 1 amide bonds. The Morgan fingerprint density at radius 1 is 0.966 bits per heavy atom. The summed E-state index contributed by atoms with van der Waals surface area (Å²) < 4.78 is 10.6. The van der Waals surface area contributed by atoms with Gasteiger partial charge in [0.1, 0.15) is 5.03 Å². The number of methoxy groups -OCH3 is 2. The number of carbonyl (C=O) groups is 1. The third kappa shape index (κ3) is 4.54. The van der Waals surface area contributed by atoms with Gasteiger partial charge in [-0.1, -0.05) is 17.8 Å². The highest BCUT2D eigenvalue weighted by Gasteiger charge is 2.20. The quantitative estimate of drug-likeness (QED) is 0.565. The Morgan fingerprint density at radius 2 is 1.72 bits per heavy atom. The van der Waals surface area contributed by atoms with Crippen LogP contribution in [0.3, 0.4) is 0 Å². The molecule has 1 aromatic heterocycles. The van der Waals surface area contributed by atoms with E-state index in [1.54, 1.807) is 56.6 Å².